The summed E-state index contributed by atoms with van der Waals surface area (Å²) in [5.41, 5.74) is 2.04. The van der Waals surface area contributed by atoms with Crippen molar-refractivity contribution >= 4 is 17.7 Å². The second kappa shape index (κ2) is 9.14. The molecule has 3 aromatic rings. The monoisotopic (exact) mass is 380 g/mol. The van der Waals surface area contributed by atoms with Crippen LogP contribution in [-0.2, 0) is 11.4 Å². The normalized spacial score (nSPS) is 10.4. The van der Waals surface area contributed by atoms with Gasteiger partial charge in [0.25, 0.3) is 0 Å². The molecule has 0 saturated carbocycles. The Labute approximate surface area is 162 Å². The number of hydrogen-bond donors (Lipinski definition) is 1. The van der Waals surface area contributed by atoms with Crippen LogP contribution >= 0.6 is 11.8 Å². The van der Waals surface area contributed by atoms with Crippen molar-refractivity contribution in [2.24, 2.45) is 0 Å². The van der Waals surface area contributed by atoms with Gasteiger partial charge in [-0.25, -0.2) is 4.79 Å². The van der Waals surface area contributed by atoms with Gasteiger partial charge in [-0.1, -0.05) is 42.1 Å². The molecule has 0 saturated heterocycles. The lowest BCUT2D eigenvalue weighted by atomic mass is 10.2. The maximum atomic E-state index is 10.6. The van der Waals surface area contributed by atoms with E-state index < -0.39 is 5.97 Å². The molecular weight excluding hydrogens is 360 g/mol. The largest absolute Gasteiger partial charge is 0.489 e. The molecule has 0 fully saturated rings. The van der Waals surface area contributed by atoms with Gasteiger partial charge < -0.3 is 14.6 Å². The first-order valence-corrected chi connectivity index (χ1v) is 9.32. The van der Waals surface area contributed by atoms with Crippen LogP contribution in [0.2, 0.25) is 0 Å². The highest BCUT2D eigenvalue weighted by molar-refractivity contribution is 7.99. The molecule has 27 heavy (non-hydrogen) atoms. The molecule has 0 aliphatic rings. The Morgan fingerprint density at radius 3 is 2.30 bits per heavy atom. The highest BCUT2D eigenvalue weighted by Crippen LogP contribution is 2.32. The van der Waals surface area contributed by atoms with Gasteiger partial charge in [-0.2, -0.15) is 0 Å². The average Bonchev–Trinajstić information content (AvgIpc) is 2.67. The zero-order valence-electron chi connectivity index (χ0n) is 14.9. The summed E-state index contributed by atoms with van der Waals surface area (Å²) in [7, 11) is 0. The lowest BCUT2D eigenvalue weighted by molar-refractivity contribution is -0.139. The van der Waals surface area contributed by atoms with Gasteiger partial charge in [-0.3, -0.25) is 0 Å². The molecule has 3 rings (SSSR count). The maximum Gasteiger partial charge on any atom is 0.341 e. The molecule has 0 aliphatic carbocycles. The summed E-state index contributed by atoms with van der Waals surface area (Å²) < 4.78 is 11.1. The minimum Gasteiger partial charge on any atom is -0.489 e. The quantitative estimate of drug-likeness (QED) is 0.583. The SMILES string of the molecule is Cc1cc(Sc2ccc(OCc3ccccc3)cc2)ccc1OCC(=O)O. The number of carboxylic acids is 1. The van der Waals surface area contributed by atoms with Crippen LogP contribution in [0, 0.1) is 6.92 Å². The fraction of sp³-hybridized carbons (Fsp3) is 0.136. The molecular formula is C22H20O4S. The van der Waals surface area contributed by atoms with E-state index in [0.29, 0.717) is 12.4 Å². The van der Waals surface area contributed by atoms with Crippen LogP contribution in [0.3, 0.4) is 0 Å². The van der Waals surface area contributed by atoms with Crippen LogP contribution in [0.4, 0.5) is 0 Å². The molecule has 138 valence electrons. The zero-order valence-corrected chi connectivity index (χ0v) is 15.7. The molecule has 0 atom stereocenters. The zero-order chi connectivity index (χ0) is 19.1. The van der Waals surface area contributed by atoms with Crippen LogP contribution < -0.4 is 9.47 Å². The summed E-state index contributed by atoms with van der Waals surface area (Å²) in [4.78, 5) is 12.8. The Balaban J connectivity index is 1.57. The Morgan fingerprint density at radius 2 is 1.63 bits per heavy atom. The van der Waals surface area contributed by atoms with Crippen LogP contribution in [-0.4, -0.2) is 17.7 Å². The van der Waals surface area contributed by atoms with Gasteiger partial charge in [0.05, 0.1) is 0 Å². The molecule has 5 heteroatoms. The van der Waals surface area contributed by atoms with Gasteiger partial charge in [0.2, 0.25) is 0 Å². The number of benzene rings is 3. The predicted octanol–water partition coefficient (Wildman–Crippen LogP) is 5.19. The van der Waals surface area contributed by atoms with E-state index in [2.05, 4.69) is 0 Å². The summed E-state index contributed by atoms with van der Waals surface area (Å²) in [6, 6.07) is 23.7. The third kappa shape index (κ3) is 5.79. The molecule has 0 bridgehead atoms. The second-order valence-electron chi connectivity index (χ2n) is 5.96. The van der Waals surface area contributed by atoms with Gasteiger partial charge in [-0.05, 0) is 60.5 Å². The number of rotatable bonds is 8. The second-order valence-corrected chi connectivity index (χ2v) is 7.10. The molecule has 0 aliphatic heterocycles. The van der Waals surface area contributed by atoms with Crippen LogP contribution in [0.25, 0.3) is 0 Å². The predicted molar refractivity (Wildman–Crippen MR) is 106 cm³/mol. The summed E-state index contributed by atoms with van der Waals surface area (Å²) in [6.07, 6.45) is 0. The molecule has 0 radical (unpaired) electrons. The van der Waals surface area contributed by atoms with Crippen LogP contribution in [0.15, 0.2) is 82.6 Å². The summed E-state index contributed by atoms with van der Waals surface area (Å²) in [5, 5.41) is 8.70. The van der Waals surface area contributed by atoms with Gasteiger partial charge in [0.15, 0.2) is 6.61 Å². The number of ether oxygens (including phenoxy) is 2. The summed E-state index contributed by atoms with van der Waals surface area (Å²) >= 11 is 1.63. The lowest BCUT2D eigenvalue weighted by Gasteiger charge is -2.10. The maximum absolute atomic E-state index is 10.6. The average molecular weight is 380 g/mol. The van der Waals surface area contributed by atoms with Gasteiger partial charge in [-0.15, -0.1) is 0 Å². The van der Waals surface area contributed by atoms with Crippen molar-refractivity contribution in [3.05, 3.63) is 83.9 Å². The number of aliphatic carboxylic acids is 1. The van der Waals surface area contributed by atoms with Crippen molar-refractivity contribution in [3.63, 3.8) is 0 Å². The van der Waals surface area contributed by atoms with E-state index in [-0.39, 0.29) is 6.61 Å². The summed E-state index contributed by atoms with van der Waals surface area (Å²) in [5.74, 6) is 0.436. The molecule has 4 nitrogen and oxygen atoms in total. The number of aryl methyl sites for hydroxylation is 1. The van der Waals surface area contributed by atoms with E-state index in [1.54, 1.807) is 17.8 Å². The van der Waals surface area contributed by atoms with Gasteiger partial charge in [0, 0.05) is 9.79 Å². The molecule has 3 aromatic carbocycles. The third-order valence-electron chi connectivity index (χ3n) is 3.81. The molecule has 0 unspecified atom stereocenters. The fourth-order valence-electron chi connectivity index (χ4n) is 2.47. The van der Waals surface area contributed by atoms with E-state index in [9.17, 15) is 4.79 Å². The van der Waals surface area contributed by atoms with E-state index in [0.717, 1.165) is 26.7 Å². The molecule has 0 heterocycles. The molecule has 0 aromatic heterocycles. The van der Waals surface area contributed by atoms with Crippen LogP contribution in [0.1, 0.15) is 11.1 Å². The van der Waals surface area contributed by atoms with Crippen molar-refractivity contribution in [2.75, 3.05) is 6.61 Å². The van der Waals surface area contributed by atoms with Crippen molar-refractivity contribution in [2.45, 2.75) is 23.3 Å². The molecule has 1 N–H and O–H groups in total. The molecule has 0 spiro atoms. The van der Waals surface area contributed by atoms with Crippen molar-refractivity contribution in [3.8, 4) is 11.5 Å². The first-order chi connectivity index (χ1) is 13.1. The van der Waals surface area contributed by atoms with Crippen molar-refractivity contribution in [1.29, 1.82) is 0 Å². The lowest BCUT2D eigenvalue weighted by Crippen LogP contribution is -2.09. The number of carboxylic acid groups (broad SMARTS) is 1. The fourth-order valence-corrected chi connectivity index (χ4v) is 3.38. The number of carbonyl (C=O) groups is 1. The third-order valence-corrected chi connectivity index (χ3v) is 4.80. The highest BCUT2D eigenvalue weighted by Gasteiger charge is 2.06. The first-order valence-electron chi connectivity index (χ1n) is 8.50. The van der Waals surface area contributed by atoms with E-state index in [1.807, 2.05) is 73.7 Å². The minimum atomic E-state index is -0.984. The Kier molecular flexibility index (Phi) is 6.39. The first kappa shape index (κ1) is 18.9. The Hall–Kier alpha value is -2.92. The van der Waals surface area contributed by atoms with Crippen molar-refractivity contribution < 1.29 is 19.4 Å². The standard InChI is InChI=1S/C22H20O4S/c1-16-13-20(11-12-21(16)26-15-22(23)24)27-19-9-7-18(8-10-19)25-14-17-5-3-2-4-6-17/h2-13H,14-15H2,1H3,(H,23,24). The minimum absolute atomic E-state index is 0.336. The Bertz CT molecular complexity index is 892. The van der Waals surface area contributed by atoms with Crippen molar-refractivity contribution in [1.82, 2.24) is 0 Å². The highest BCUT2D eigenvalue weighted by atomic mass is 32.2. The summed E-state index contributed by atoms with van der Waals surface area (Å²) in [6.45, 7) is 2.11. The number of hydrogen-bond acceptors (Lipinski definition) is 4. The van der Waals surface area contributed by atoms with Gasteiger partial charge in [0.1, 0.15) is 18.1 Å². The smallest absolute Gasteiger partial charge is 0.341 e. The van der Waals surface area contributed by atoms with E-state index in [1.165, 1.54) is 0 Å². The van der Waals surface area contributed by atoms with E-state index >= 15 is 0 Å². The van der Waals surface area contributed by atoms with Crippen LogP contribution in [0.5, 0.6) is 11.5 Å². The molecule has 0 amide bonds. The van der Waals surface area contributed by atoms with Gasteiger partial charge >= 0.3 is 5.97 Å². The Morgan fingerprint density at radius 1 is 0.926 bits per heavy atom. The topological polar surface area (TPSA) is 55.8 Å². The van der Waals surface area contributed by atoms with E-state index in [4.69, 9.17) is 14.6 Å².